The minimum absolute atomic E-state index is 0. The third-order valence-electron chi connectivity index (χ3n) is 7.46. The van der Waals surface area contributed by atoms with Gasteiger partial charge >= 0.3 is 26.7 Å². The molecular formula is C36H38BF4P2Rh+. The van der Waals surface area contributed by atoms with Crippen LogP contribution in [-0.2, 0) is 19.5 Å². The van der Waals surface area contributed by atoms with E-state index < -0.39 is 23.1 Å². The Bertz CT molecular complexity index is 1140. The second kappa shape index (κ2) is 18.3. The van der Waals surface area contributed by atoms with E-state index >= 15 is 0 Å². The van der Waals surface area contributed by atoms with Crippen molar-refractivity contribution < 1.29 is 36.7 Å². The third kappa shape index (κ3) is 11.8. The molecule has 44 heavy (non-hydrogen) atoms. The summed E-state index contributed by atoms with van der Waals surface area (Å²) in [6, 6.07) is 44.5. The van der Waals surface area contributed by atoms with Crippen LogP contribution in [0, 0.1) is 37.5 Å². The van der Waals surface area contributed by atoms with Crippen LogP contribution in [0.3, 0.4) is 0 Å². The van der Waals surface area contributed by atoms with Crippen LogP contribution in [0.25, 0.3) is 0 Å². The van der Waals surface area contributed by atoms with E-state index in [1.54, 1.807) is 0 Å². The molecule has 2 fully saturated rings. The fourth-order valence-electron chi connectivity index (χ4n) is 5.70. The van der Waals surface area contributed by atoms with Crippen molar-refractivity contribution in [1.29, 1.82) is 0 Å². The van der Waals surface area contributed by atoms with E-state index in [1.165, 1.54) is 34.1 Å². The summed E-state index contributed by atoms with van der Waals surface area (Å²) in [6.45, 7) is 4.93. The van der Waals surface area contributed by atoms with Crippen LogP contribution in [0.1, 0.15) is 26.7 Å². The molecule has 2 aliphatic carbocycles. The minimum atomic E-state index is -6.00. The van der Waals surface area contributed by atoms with E-state index in [4.69, 9.17) is 0 Å². The molecule has 0 nitrogen and oxygen atoms in total. The predicted octanol–water partition coefficient (Wildman–Crippen LogP) is 9.17. The average Bonchev–Trinajstić information content (AvgIpc) is 3.66. The summed E-state index contributed by atoms with van der Waals surface area (Å²) in [5.74, 6) is 1.62. The van der Waals surface area contributed by atoms with Crippen molar-refractivity contribution in [2.45, 2.75) is 38.0 Å². The number of rotatable bonds is 8. The van der Waals surface area contributed by atoms with Gasteiger partial charge in [0.05, 0.1) is 0 Å². The van der Waals surface area contributed by atoms with Gasteiger partial charge in [0.2, 0.25) is 0 Å². The molecule has 8 heteroatoms. The quantitative estimate of drug-likeness (QED) is 0.0968. The number of benzene rings is 4. The van der Waals surface area contributed by atoms with E-state index in [9.17, 15) is 17.3 Å². The van der Waals surface area contributed by atoms with Crippen molar-refractivity contribution in [3.05, 3.63) is 147 Å². The van der Waals surface area contributed by atoms with Gasteiger partial charge in [0, 0.05) is 0 Å². The molecule has 231 valence electrons. The van der Waals surface area contributed by atoms with Crippen molar-refractivity contribution in [3.63, 3.8) is 0 Å². The van der Waals surface area contributed by atoms with Crippen molar-refractivity contribution in [2.75, 3.05) is 0 Å². The summed E-state index contributed by atoms with van der Waals surface area (Å²) in [4.78, 5) is 0. The van der Waals surface area contributed by atoms with E-state index in [2.05, 4.69) is 161 Å². The molecule has 2 saturated carbocycles. The standard InChI is InChI=1S/C29H30P2.C7H8.BF4.Rh/c1-24(30(26-15-7-3-8-16-26)27-17-9-4-10-18-27)23-25(2)31(28-19-11-5-12-20-28)29-21-13-6-14-22-29;1-2-7-4-3-6(1)5-7;2-1(3,4)5;/h3-22,24-25H,23H2,1-2H3;1-4,6-7H,5H2;;/q;;-1;+2. The molecular weight excluding hydrogens is 684 g/mol. The Labute approximate surface area is 276 Å². The molecule has 2 unspecified atom stereocenters. The summed E-state index contributed by atoms with van der Waals surface area (Å²) >= 11 is 0. The Morgan fingerprint density at radius 1 is 0.523 bits per heavy atom. The van der Waals surface area contributed by atoms with E-state index in [0.29, 0.717) is 11.3 Å². The zero-order chi connectivity index (χ0) is 30.7. The number of hydrogen-bond donors (Lipinski definition) is 0. The zero-order valence-corrected chi connectivity index (χ0v) is 28.3. The monoisotopic (exact) mass is 722 g/mol. The molecule has 2 atom stereocenters. The molecule has 0 aromatic heterocycles. The summed E-state index contributed by atoms with van der Waals surface area (Å²) in [6.07, 6.45) is 11.8. The van der Waals surface area contributed by atoms with Crippen LogP contribution < -0.4 is 21.2 Å². The molecule has 5 radical (unpaired) electrons. The van der Waals surface area contributed by atoms with Crippen LogP contribution >= 0.6 is 15.8 Å². The number of hydrogen-bond acceptors (Lipinski definition) is 0. The molecule has 6 rings (SSSR count). The molecule has 4 aromatic rings. The molecule has 0 heterocycles. The zero-order valence-electron chi connectivity index (χ0n) is 24.9. The van der Waals surface area contributed by atoms with E-state index in [1.807, 2.05) is 0 Å². The Morgan fingerprint density at radius 3 is 0.932 bits per heavy atom. The maximum absolute atomic E-state index is 9.75. The van der Waals surface area contributed by atoms with E-state index in [-0.39, 0.29) is 19.5 Å². The molecule has 2 aliphatic rings. The normalized spacial score (nSPS) is 18.4. The molecule has 4 aromatic carbocycles. The van der Waals surface area contributed by atoms with Crippen LogP contribution in [0.15, 0.2) is 121 Å². The van der Waals surface area contributed by atoms with Crippen molar-refractivity contribution in [1.82, 2.24) is 0 Å². The summed E-state index contributed by atoms with van der Waals surface area (Å²) in [5, 5.41) is 5.92. The third-order valence-corrected chi connectivity index (χ3v) is 13.1. The first-order chi connectivity index (χ1) is 20.7. The van der Waals surface area contributed by atoms with Crippen LogP contribution in [0.5, 0.6) is 0 Å². The van der Waals surface area contributed by atoms with Gasteiger partial charge in [0.25, 0.3) is 0 Å². The smallest absolute Gasteiger partial charge is 0.418 e. The Morgan fingerprint density at radius 2 is 0.750 bits per heavy atom. The Kier molecular flexibility index (Phi) is 15.3. The molecule has 0 N–H and O–H groups in total. The first-order valence-corrected chi connectivity index (χ1v) is 17.5. The first kappa shape index (κ1) is 36.6. The van der Waals surface area contributed by atoms with Crippen LogP contribution in [-0.4, -0.2) is 18.6 Å². The molecule has 0 aliphatic heterocycles. The van der Waals surface area contributed by atoms with E-state index in [0.717, 1.165) is 11.8 Å². The van der Waals surface area contributed by atoms with Gasteiger partial charge < -0.3 is 17.3 Å². The van der Waals surface area contributed by atoms with Gasteiger partial charge in [0.1, 0.15) is 0 Å². The summed E-state index contributed by atoms with van der Waals surface area (Å²) in [5.41, 5.74) is 1.21. The largest absolute Gasteiger partial charge is 2.00 e. The van der Waals surface area contributed by atoms with Gasteiger partial charge in [-0.1, -0.05) is 135 Å². The van der Waals surface area contributed by atoms with Gasteiger partial charge in [-0.05, 0) is 98.7 Å². The van der Waals surface area contributed by atoms with Crippen molar-refractivity contribution in [3.8, 4) is 0 Å². The fourth-order valence-corrected chi connectivity index (χ4v) is 11.5. The van der Waals surface area contributed by atoms with Crippen molar-refractivity contribution >= 4 is 44.3 Å². The molecule has 2 bridgehead atoms. The van der Waals surface area contributed by atoms with Gasteiger partial charge in [0.15, 0.2) is 0 Å². The second-order valence-corrected chi connectivity index (χ2v) is 16.2. The molecule has 0 amide bonds. The summed E-state index contributed by atoms with van der Waals surface area (Å²) < 4.78 is 39.0. The van der Waals surface area contributed by atoms with Gasteiger partial charge in [-0.15, -0.1) is 0 Å². The topological polar surface area (TPSA) is 0 Å². The average molecular weight is 722 g/mol. The van der Waals surface area contributed by atoms with Crippen molar-refractivity contribution in [2.24, 2.45) is 11.8 Å². The first-order valence-electron chi connectivity index (χ1n) is 14.7. The maximum Gasteiger partial charge on any atom is 2.00 e. The van der Waals surface area contributed by atoms with Gasteiger partial charge in [-0.3, -0.25) is 0 Å². The van der Waals surface area contributed by atoms with Crippen LogP contribution in [0.4, 0.5) is 17.3 Å². The van der Waals surface area contributed by atoms with Gasteiger partial charge in [-0.25, -0.2) is 0 Å². The minimum Gasteiger partial charge on any atom is -0.418 e. The molecule has 0 saturated heterocycles. The molecule has 0 spiro atoms. The number of fused-ring (bicyclic) bond motifs is 2. The summed E-state index contributed by atoms with van der Waals surface area (Å²) in [7, 11) is -6.79. The predicted molar refractivity (Wildman–Crippen MR) is 181 cm³/mol. The number of halogens is 4. The fraction of sp³-hybridized carbons (Fsp3) is 0.222. The maximum atomic E-state index is 9.75. The van der Waals surface area contributed by atoms with Crippen LogP contribution in [0.2, 0.25) is 0 Å². The Balaban J connectivity index is 0.000000337. The Hall–Kier alpha value is -1.85. The second-order valence-electron chi connectivity index (χ2n) is 10.8. The van der Waals surface area contributed by atoms with Gasteiger partial charge in [-0.2, -0.15) is 0 Å². The SMILES string of the molecule is CC(CC(C)P(c1ccccc1)c1ccccc1)P(c1ccccc1)c1ccccc1.F[B-](F)(F)F.[CH]1[CH]C2[CH][CH]C1C2.[Rh+2].